The normalized spacial score (nSPS) is 19.6. The van der Waals surface area contributed by atoms with Crippen LogP contribution in [0.15, 0.2) is 28.0 Å². The fraction of sp³-hybridized carbons (Fsp3) is 0.478. The number of rotatable bonds is 7. The molecular formula is C23H29N5O3S2. The standard InChI is InChI=1S/C23H29N5O3S2/c1-4-16(3)28-22(30)18(33-23(28)32)14-17-19(24-7-9-26-10-12-31-13-11-26)25-20-15(2)6-5-8-27(20)21(17)29/h5-6,8,14,16,24H,4,7,9-13H2,1-3H3. The number of fused-ring (bicyclic) bond motifs is 1. The Morgan fingerprint density at radius 2 is 2.09 bits per heavy atom. The third-order valence-electron chi connectivity index (χ3n) is 6.04. The Kier molecular flexibility index (Phi) is 7.48. The van der Waals surface area contributed by atoms with Crippen molar-refractivity contribution in [1.82, 2.24) is 19.2 Å². The number of ether oxygens (including phenoxy) is 1. The zero-order chi connectivity index (χ0) is 23.5. The maximum atomic E-state index is 13.5. The topological polar surface area (TPSA) is 79.2 Å². The van der Waals surface area contributed by atoms with Gasteiger partial charge in [0.1, 0.15) is 15.8 Å². The molecule has 4 heterocycles. The van der Waals surface area contributed by atoms with E-state index in [9.17, 15) is 9.59 Å². The maximum absolute atomic E-state index is 13.5. The Balaban J connectivity index is 1.70. The number of pyridine rings is 1. The van der Waals surface area contributed by atoms with Crippen molar-refractivity contribution in [1.29, 1.82) is 0 Å². The molecule has 4 rings (SSSR count). The van der Waals surface area contributed by atoms with E-state index < -0.39 is 0 Å². The van der Waals surface area contributed by atoms with Crippen molar-refractivity contribution < 1.29 is 9.53 Å². The number of nitrogens with zero attached hydrogens (tertiary/aromatic N) is 4. The molecule has 0 saturated carbocycles. The summed E-state index contributed by atoms with van der Waals surface area (Å²) >= 11 is 6.69. The molecule has 2 fully saturated rings. The van der Waals surface area contributed by atoms with Crippen molar-refractivity contribution >= 4 is 51.7 Å². The predicted molar refractivity (Wildman–Crippen MR) is 137 cm³/mol. The quantitative estimate of drug-likeness (QED) is 0.472. The molecule has 0 aromatic carbocycles. The van der Waals surface area contributed by atoms with E-state index in [0.717, 1.165) is 44.8 Å². The van der Waals surface area contributed by atoms with Gasteiger partial charge in [-0.25, -0.2) is 4.98 Å². The summed E-state index contributed by atoms with van der Waals surface area (Å²) in [6, 6.07) is 3.76. The molecule has 2 aromatic heterocycles. The van der Waals surface area contributed by atoms with Gasteiger partial charge in [0.2, 0.25) is 0 Å². The van der Waals surface area contributed by atoms with Crippen LogP contribution in [0.2, 0.25) is 0 Å². The van der Waals surface area contributed by atoms with Gasteiger partial charge in [0.15, 0.2) is 0 Å². The molecule has 8 nitrogen and oxygen atoms in total. The molecule has 0 aliphatic carbocycles. The van der Waals surface area contributed by atoms with E-state index in [-0.39, 0.29) is 17.5 Å². The highest BCUT2D eigenvalue weighted by Gasteiger charge is 2.35. The number of morpholine rings is 1. The Morgan fingerprint density at radius 3 is 2.82 bits per heavy atom. The number of nitrogens with one attached hydrogen (secondary N) is 1. The summed E-state index contributed by atoms with van der Waals surface area (Å²) in [7, 11) is 0. The van der Waals surface area contributed by atoms with Crippen LogP contribution in [-0.4, -0.2) is 74.8 Å². The number of hydrogen-bond donors (Lipinski definition) is 1. The van der Waals surface area contributed by atoms with E-state index >= 15 is 0 Å². The van der Waals surface area contributed by atoms with Crippen LogP contribution < -0.4 is 10.9 Å². The second-order valence-corrected chi connectivity index (χ2v) is 9.93. The summed E-state index contributed by atoms with van der Waals surface area (Å²) in [4.78, 5) is 35.7. The summed E-state index contributed by atoms with van der Waals surface area (Å²) in [5.41, 5.74) is 1.65. The summed E-state index contributed by atoms with van der Waals surface area (Å²) in [6.45, 7) is 10.6. The number of thiocarbonyl (C=S) groups is 1. The fourth-order valence-electron chi connectivity index (χ4n) is 3.91. The van der Waals surface area contributed by atoms with Crippen molar-refractivity contribution in [2.24, 2.45) is 0 Å². The average molecular weight is 488 g/mol. The average Bonchev–Trinajstić information content (AvgIpc) is 3.09. The van der Waals surface area contributed by atoms with Gasteiger partial charge in [0.25, 0.3) is 11.5 Å². The lowest BCUT2D eigenvalue weighted by atomic mass is 10.2. The SMILES string of the molecule is CCC(C)N1C(=O)C(=Cc2c(NCCN3CCOCC3)nc3c(C)cccn3c2=O)SC1=S. The van der Waals surface area contributed by atoms with Crippen LogP contribution in [-0.2, 0) is 9.53 Å². The molecule has 2 saturated heterocycles. The number of thioether (sulfide) groups is 1. The van der Waals surface area contributed by atoms with Crippen LogP contribution in [0.3, 0.4) is 0 Å². The van der Waals surface area contributed by atoms with Crippen molar-refractivity contribution in [3.05, 3.63) is 44.7 Å². The number of aromatic nitrogens is 2. The smallest absolute Gasteiger partial charge is 0.267 e. The van der Waals surface area contributed by atoms with Gasteiger partial charge in [-0.15, -0.1) is 0 Å². The molecule has 2 aliphatic heterocycles. The van der Waals surface area contributed by atoms with E-state index in [4.69, 9.17) is 21.9 Å². The minimum atomic E-state index is -0.216. The second kappa shape index (κ2) is 10.3. The molecular weight excluding hydrogens is 458 g/mol. The molecule has 1 N–H and O–H groups in total. The Bertz CT molecular complexity index is 1160. The van der Waals surface area contributed by atoms with Crippen LogP contribution in [0.5, 0.6) is 0 Å². The van der Waals surface area contributed by atoms with Crippen LogP contribution in [0.1, 0.15) is 31.4 Å². The number of amides is 1. The van der Waals surface area contributed by atoms with Gasteiger partial charge in [-0.05, 0) is 38.0 Å². The zero-order valence-corrected chi connectivity index (χ0v) is 20.8. The second-order valence-electron chi connectivity index (χ2n) is 8.25. The minimum Gasteiger partial charge on any atom is -0.379 e. The Labute approximate surface area is 203 Å². The minimum absolute atomic E-state index is 0.00740. The number of anilines is 1. The van der Waals surface area contributed by atoms with Gasteiger partial charge >= 0.3 is 0 Å². The third kappa shape index (κ3) is 4.98. The lowest BCUT2D eigenvalue weighted by Crippen LogP contribution is -2.39. The molecule has 2 aliphatic rings. The zero-order valence-electron chi connectivity index (χ0n) is 19.2. The number of aryl methyl sites for hydroxylation is 1. The van der Waals surface area contributed by atoms with Crippen molar-refractivity contribution in [2.75, 3.05) is 44.7 Å². The third-order valence-corrected chi connectivity index (χ3v) is 7.37. The highest BCUT2D eigenvalue weighted by molar-refractivity contribution is 8.26. The Morgan fingerprint density at radius 1 is 1.33 bits per heavy atom. The van der Waals surface area contributed by atoms with E-state index in [0.29, 0.717) is 32.8 Å². The molecule has 0 spiro atoms. The molecule has 33 heavy (non-hydrogen) atoms. The van der Waals surface area contributed by atoms with Gasteiger partial charge < -0.3 is 10.1 Å². The molecule has 1 amide bonds. The molecule has 1 atom stereocenters. The van der Waals surface area contributed by atoms with Crippen molar-refractivity contribution in [3.8, 4) is 0 Å². The first-order valence-corrected chi connectivity index (χ1v) is 12.5. The van der Waals surface area contributed by atoms with Gasteiger partial charge in [0.05, 0.1) is 23.7 Å². The Hall–Kier alpha value is -2.27. The first kappa shape index (κ1) is 23.9. The summed E-state index contributed by atoms with van der Waals surface area (Å²) in [5, 5.41) is 3.35. The lowest BCUT2D eigenvalue weighted by Gasteiger charge is -2.26. The van der Waals surface area contributed by atoms with Crippen molar-refractivity contribution in [2.45, 2.75) is 33.2 Å². The monoisotopic (exact) mass is 487 g/mol. The first-order chi connectivity index (χ1) is 15.9. The van der Waals surface area contributed by atoms with Crippen LogP contribution in [0, 0.1) is 6.92 Å². The molecule has 176 valence electrons. The van der Waals surface area contributed by atoms with Crippen LogP contribution in [0.25, 0.3) is 11.7 Å². The largest absolute Gasteiger partial charge is 0.379 e. The molecule has 2 aromatic rings. The predicted octanol–water partition coefficient (Wildman–Crippen LogP) is 2.75. The van der Waals surface area contributed by atoms with Crippen molar-refractivity contribution in [3.63, 3.8) is 0 Å². The summed E-state index contributed by atoms with van der Waals surface area (Å²) in [6.07, 6.45) is 4.15. The first-order valence-electron chi connectivity index (χ1n) is 11.2. The highest BCUT2D eigenvalue weighted by atomic mass is 32.2. The number of hydrogen-bond acceptors (Lipinski definition) is 8. The molecule has 0 radical (unpaired) electrons. The molecule has 10 heteroatoms. The van der Waals surface area contributed by atoms with Gasteiger partial charge in [-0.3, -0.25) is 23.8 Å². The van der Waals surface area contributed by atoms with Crippen LogP contribution >= 0.6 is 24.0 Å². The van der Waals surface area contributed by atoms with Gasteiger partial charge in [-0.1, -0.05) is 37.0 Å². The van der Waals surface area contributed by atoms with Crippen LogP contribution in [0.4, 0.5) is 5.82 Å². The highest BCUT2D eigenvalue weighted by Crippen LogP contribution is 2.34. The fourth-order valence-corrected chi connectivity index (χ4v) is 5.35. The number of carbonyl (C=O) groups is 1. The lowest BCUT2D eigenvalue weighted by molar-refractivity contribution is -0.123. The van der Waals surface area contributed by atoms with E-state index in [1.807, 2.05) is 32.9 Å². The summed E-state index contributed by atoms with van der Waals surface area (Å²) < 4.78 is 7.46. The van der Waals surface area contributed by atoms with Gasteiger partial charge in [0, 0.05) is 38.4 Å². The molecule has 1 unspecified atom stereocenters. The maximum Gasteiger partial charge on any atom is 0.267 e. The molecule has 0 bridgehead atoms. The van der Waals surface area contributed by atoms with E-state index in [1.165, 1.54) is 16.2 Å². The summed E-state index contributed by atoms with van der Waals surface area (Å²) in [5.74, 6) is 0.323. The number of carbonyl (C=O) groups excluding carboxylic acids is 1. The van der Waals surface area contributed by atoms with E-state index in [2.05, 4.69) is 10.2 Å². The van der Waals surface area contributed by atoms with Gasteiger partial charge in [-0.2, -0.15) is 0 Å². The van der Waals surface area contributed by atoms with E-state index in [1.54, 1.807) is 17.2 Å².